The second-order valence-corrected chi connectivity index (χ2v) is 5.28. The van der Waals surface area contributed by atoms with Crippen molar-refractivity contribution in [2.24, 2.45) is 5.73 Å². The second-order valence-electron chi connectivity index (χ2n) is 4.43. The molecule has 3 nitrogen and oxygen atoms in total. The molecule has 0 amide bonds. The molecule has 0 aliphatic heterocycles. The molecule has 96 valence electrons. The summed E-state index contributed by atoms with van der Waals surface area (Å²) in [5.41, 5.74) is 7.30. The Morgan fingerprint density at radius 3 is 2.65 bits per heavy atom. The first kappa shape index (κ1) is 14.6. The maximum atomic E-state index is 9.05. The Kier molecular flexibility index (Phi) is 6.12. The predicted molar refractivity (Wildman–Crippen MR) is 74.9 cm³/mol. The van der Waals surface area contributed by atoms with Gasteiger partial charge >= 0.3 is 0 Å². The number of hydrogen-bond donors (Lipinski definition) is 2. The third-order valence-electron chi connectivity index (χ3n) is 3.11. The Morgan fingerprint density at radius 1 is 1.41 bits per heavy atom. The van der Waals surface area contributed by atoms with Crippen LogP contribution < -0.4 is 5.73 Å². The summed E-state index contributed by atoms with van der Waals surface area (Å²) in [5.74, 6) is 0. The monoisotopic (exact) mass is 300 g/mol. The Labute approximate surface area is 112 Å². The number of nitrogens with two attached hydrogens (primary N) is 1. The van der Waals surface area contributed by atoms with Gasteiger partial charge in [0.2, 0.25) is 0 Å². The fraction of sp³-hybridized carbons (Fsp3) is 0.538. The number of rotatable bonds is 6. The van der Waals surface area contributed by atoms with Crippen molar-refractivity contribution in [2.75, 3.05) is 20.2 Å². The topological polar surface area (TPSA) is 49.5 Å². The zero-order chi connectivity index (χ0) is 12.8. The first-order valence-electron chi connectivity index (χ1n) is 5.87. The van der Waals surface area contributed by atoms with E-state index < -0.39 is 0 Å². The number of benzene rings is 1. The standard InChI is InChI=1S/C13H21BrN2O/c1-10(9-17)16(2)8-7-13(15)11-5-3-4-6-12(11)14/h3-6,10,13,17H,7-9,15H2,1-2H3. The van der Waals surface area contributed by atoms with E-state index in [1.807, 2.05) is 38.2 Å². The minimum atomic E-state index is 0.0268. The van der Waals surface area contributed by atoms with Crippen LogP contribution >= 0.6 is 15.9 Å². The van der Waals surface area contributed by atoms with Crippen molar-refractivity contribution >= 4 is 15.9 Å². The van der Waals surface area contributed by atoms with Gasteiger partial charge in [0, 0.05) is 23.1 Å². The van der Waals surface area contributed by atoms with Crippen molar-refractivity contribution in [3.05, 3.63) is 34.3 Å². The van der Waals surface area contributed by atoms with Crippen molar-refractivity contribution < 1.29 is 5.11 Å². The average molecular weight is 301 g/mol. The smallest absolute Gasteiger partial charge is 0.0584 e. The molecule has 2 unspecified atom stereocenters. The zero-order valence-corrected chi connectivity index (χ0v) is 12.0. The van der Waals surface area contributed by atoms with E-state index in [0.29, 0.717) is 0 Å². The lowest BCUT2D eigenvalue weighted by molar-refractivity contribution is 0.156. The van der Waals surface area contributed by atoms with Crippen molar-refractivity contribution in [3.8, 4) is 0 Å². The van der Waals surface area contributed by atoms with E-state index in [4.69, 9.17) is 10.8 Å². The predicted octanol–water partition coefficient (Wildman–Crippen LogP) is 2.15. The first-order chi connectivity index (χ1) is 8.06. The normalized spacial score (nSPS) is 14.9. The molecule has 17 heavy (non-hydrogen) atoms. The molecular formula is C13H21BrN2O. The molecule has 0 saturated heterocycles. The molecule has 0 radical (unpaired) electrons. The van der Waals surface area contributed by atoms with Crippen LogP contribution in [-0.4, -0.2) is 36.2 Å². The highest BCUT2D eigenvalue weighted by Crippen LogP contribution is 2.23. The van der Waals surface area contributed by atoms with Gasteiger partial charge in [0.15, 0.2) is 0 Å². The largest absolute Gasteiger partial charge is 0.395 e. The van der Waals surface area contributed by atoms with Crippen LogP contribution in [0.15, 0.2) is 28.7 Å². The molecule has 0 saturated carbocycles. The maximum absolute atomic E-state index is 9.05. The van der Waals surface area contributed by atoms with Crippen LogP contribution in [-0.2, 0) is 0 Å². The van der Waals surface area contributed by atoms with E-state index in [1.165, 1.54) is 0 Å². The summed E-state index contributed by atoms with van der Waals surface area (Å²) in [4.78, 5) is 2.12. The van der Waals surface area contributed by atoms with E-state index in [-0.39, 0.29) is 18.7 Å². The van der Waals surface area contributed by atoms with Crippen molar-refractivity contribution in [1.82, 2.24) is 4.90 Å². The number of aliphatic hydroxyl groups excluding tert-OH is 1. The van der Waals surface area contributed by atoms with Gasteiger partial charge in [0.05, 0.1) is 6.61 Å². The lowest BCUT2D eigenvalue weighted by Crippen LogP contribution is -2.34. The summed E-state index contributed by atoms with van der Waals surface area (Å²) in [5, 5.41) is 9.05. The first-order valence-corrected chi connectivity index (χ1v) is 6.66. The maximum Gasteiger partial charge on any atom is 0.0584 e. The minimum absolute atomic E-state index is 0.0268. The molecule has 4 heteroatoms. The van der Waals surface area contributed by atoms with Crippen LogP contribution in [0.5, 0.6) is 0 Å². The van der Waals surface area contributed by atoms with Gasteiger partial charge in [0.1, 0.15) is 0 Å². The van der Waals surface area contributed by atoms with Gasteiger partial charge in [-0.05, 0) is 32.0 Å². The van der Waals surface area contributed by atoms with E-state index >= 15 is 0 Å². The molecule has 0 fully saturated rings. The van der Waals surface area contributed by atoms with Gasteiger partial charge in [-0.1, -0.05) is 34.1 Å². The van der Waals surface area contributed by atoms with Crippen LogP contribution in [0.1, 0.15) is 24.9 Å². The Bertz CT molecular complexity index is 346. The number of hydrogen-bond acceptors (Lipinski definition) is 3. The lowest BCUT2D eigenvalue weighted by Gasteiger charge is -2.24. The Hall–Kier alpha value is -0.420. The fourth-order valence-corrected chi connectivity index (χ4v) is 2.21. The molecule has 0 aliphatic carbocycles. The molecule has 0 bridgehead atoms. The van der Waals surface area contributed by atoms with Crippen LogP contribution in [0.3, 0.4) is 0 Å². The SMILES string of the molecule is CC(CO)N(C)CCC(N)c1ccccc1Br. The number of aliphatic hydroxyl groups is 1. The third kappa shape index (κ3) is 4.39. The highest BCUT2D eigenvalue weighted by molar-refractivity contribution is 9.10. The number of likely N-dealkylation sites (N-methyl/N-ethyl adjacent to an activating group) is 1. The molecule has 1 aromatic rings. The molecule has 1 aromatic carbocycles. The third-order valence-corrected chi connectivity index (χ3v) is 3.84. The summed E-state index contributed by atoms with van der Waals surface area (Å²) < 4.78 is 1.06. The van der Waals surface area contributed by atoms with Crippen molar-refractivity contribution in [1.29, 1.82) is 0 Å². The van der Waals surface area contributed by atoms with E-state index in [9.17, 15) is 0 Å². The molecule has 2 atom stereocenters. The molecule has 0 aliphatic rings. The van der Waals surface area contributed by atoms with Gasteiger partial charge in [-0.25, -0.2) is 0 Å². The van der Waals surface area contributed by atoms with Crippen molar-refractivity contribution in [2.45, 2.75) is 25.4 Å². The van der Waals surface area contributed by atoms with Crippen LogP contribution in [0.25, 0.3) is 0 Å². The summed E-state index contributed by atoms with van der Waals surface area (Å²) >= 11 is 3.51. The number of halogens is 1. The molecular weight excluding hydrogens is 280 g/mol. The summed E-state index contributed by atoms with van der Waals surface area (Å²) in [6.45, 7) is 3.06. The Balaban J connectivity index is 2.50. The zero-order valence-electron chi connectivity index (χ0n) is 10.4. The average Bonchev–Trinajstić information content (AvgIpc) is 2.35. The molecule has 0 spiro atoms. The summed E-state index contributed by atoms with van der Waals surface area (Å²) in [7, 11) is 2.01. The summed E-state index contributed by atoms with van der Waals surface area (Å²) in [6, 6.07) is 8.25. The Morgan fingerprint density at radius 2 is 2.06 bits per heavy atom. The van der Waals surface area contributed by atoms with E-state index in [1.54, 1.807) is 0 Å². The van der Waals surface area contributed by atoms with Gasteiger partial charge in [-0.2, -0.15) is 0 Å². The van der Waals surface area contributed by atoms with Gasteiger partial charge in [-0.15, -0.1) is 0 Å². The molecule has 3 N–H and O–H groups in total. The van der Waals surface area contributed by atoms with E-state index in [2.05, 4.69) is 20.8 Å². The highest BCUT2D eigenvalue weighted by atomic mass is 79.9. The van der Waals surface area contributed by atoms with Gasteiger partial charge in [0.25, 0.3) is 0 Å². The van der Waals surface area contributed by atoms with Gasteiger partial charge < -0.3 is 15.7 Å². The fourth-order valence-electron chi connectivity index (χ4n) is 1.63. The van der Waals surface area contributed by atoms with Crippen LogP contribution in [0.2, 0.25) is 0 Å². The molecule has 1 rings (SSSR count). The van der Waals surface area contributed by atoms with E-state index in [0.717, 1.165) is 23.0 Å². The molecule has 0 heterocycles. The van der Waals surface area contributed by atoms with Crippen LogP contribution in [0, 0.1) is 0 Å². The lowest BCUT2D eigenvalue weighted by atomic mass is 10.0. The second kappa shape index (κ2) is 7.11. The minimum Gasteiger partial charge on any atom is -0.395 e. The quantitative estimate of drug-likeness (QED) is 0.846. The summed E-state index contributed by atoms with van der Waals surface area (Å²) in [6.07, 6.45) is 0.878. The van der Waals surface area contributed by atoms with Gasteiger partial charge in [-0.3, -0.25) is 0 Å². The van der Waals surface area contributed by atoms with Crippen LogP contribution in [0.4, 0.5) is 0 Å². The highest BCUT2D eigenvalue weighted by Gasteiger charge is 2.12. The number of nitrogens with zero attached hydrogens (tertiary/aromatic N) is 1. The van der Waals surface area contributed by atoms with Crippen molar-refractivity contribution in [3.63, 3.8) is 0 Å². The molecule has 0 aromatic heterocycles.